The van der Waals surface area contributed by atoms with Crippen molar-refractivity contribution in [3.8, 4) is 11.8 Å². The molecule has 0 aromatic heterocycles. The van der Waals surface area contributed by atoms with Gasteiger partial charge in [0.15, 0.2) is 0 Å². The normalized spacial score (nSPS) is 20.9. The molecule has 0 radical (unpaired) electrons. The molecule has 0 aromatic rings. The molecule has 0 spiro atoms. The third-order valence-corrected chi connectivity index (χ3v) is 1.95. The van der Waals surface area contributed by atoms with E-state index in [1.54, 1.807) is 6.92 Å². The molecule has 1 rings (SSSR count). The Balaban J connectivity index is 1.99. The Morgan fingerprint density at radius 3 is 2.67 bits per heavy atom. The van der Waals surface area contributed by atoms with Gasteiger partial charge in [0.2, 0.25) is 0 Å². The molecule has 0 unspecified atom stereocenters. The van der Waals surface area contributed by atoms with Gasteiger partial charge in [0, 0.05) is 31.8 Å². The monoisotopic (exact) mass is 173 g/mol. The van der Waals surface area contributed by atoms with Crippen molar-refractivity contribution in [2.75, 3.05) is 6.54 Å². The molecule has 0 aliphatic heterocycles. The van der Waals surface area contributed by atoms with E-state index < -0.39 is 5.92 Å². The van der Waals surface area contributed by atoms with Crippen molar-refractivity contribution in [1.29, 1.82) is 0 Å². The molecular weight excluding hydrogens is 160 g/mol. The summed E-state index contributed by atoms with van der Waals surface area (Å²) in [7, 11) is 0. The van der Waals surface area contributed by atoms with Gasteiger partial charge in [-0.05, 0) is 6.92 Å². The van der Waals surface area contributed by atoms with E-state index in [0.717, 1.165) is 13.0 Å². The van der Waals surface area contributed by atoms with Gasteiger partial charge in [-0.15, -0.1) is 11.8 Å². The first-order valence-electron chi connectivity index (χ1n) is 4.15. The summed E-state index contributed by atoms with van der Waals surface area (Å²) >= 11 is 0. The third kappa shape index (κ3) is 2.78. The van der Waals surface area contributed by atoms with Gasteiger partial charge in [-0.25, -0.2) is 8.78 Å². The molecular formula is C9H13F2N. The average Bonchev–Trinajstić information content (AvgIpc) is 1.94. The van der Waals surface area contributed by atoms with Crippen LogP contribution in [0, 0.1) is 11.8 Å². The minimum absolute atomic E-state index is 0.00739. The fourth-order valence-electron chi connectivity index (χ4n) is 1.27. The maximum atomic E-state index is 12.3. The summed E-state index contributed by atoms with van der Waals surface area (Å²) < 4.78 is 24.6. The van der Waals surface area contributed by atoms with Crippen LogP contribution in [0.4, 0.5) is 8.78 Å². The van der Waals surface area contributed by atoms with Crippen molar-refractivity contribution >= 4 is 0 Å². The number of rotatable bonds is 3. The van der Waals surface area contributed by atoms with Crippen LogP contribution in [0.25, 0.3) is 0 Å². The second-order valence-electron chi connectivity index (χ2n) is 3.09. The summed E-state index contributed by atoms with van der Waals surface area (Å²) in [6.45, 7) is 2.50. The molecule has 1 N–H and O–H groups in total. The Morgan fingerprint density at radius 1 is 1.50 bits per heavy atom. The molecule has 1 saturated carbocycles. The smallest absolute Gasteiger partial charge is 0.251 e. The van der Waals surface area contributed by atoms with Crippen LogP contribution in [-0.4, -0.2) is 18.5 Å². The molecule has 0 aromatic carbocycles. The fourth-order valence-corrected chi connectivity index (χ4v) is 1.27. The number of alkyl halides is 2. The fraction of sp³-hybridized carbons (Fsp3) is 0.778. The Bertz CT molecular complexity index is 194. The third-order valence-electron chi connectivity index (χ3n) is 1.95. The first kappa shape index (κ1) is 9.47. The molecule has 1 fully saturated rings. The number of hydrogen-bond acceptors (Lipinski definition) is 1. The topological polar surface area (TPSA) is 12.0 Å². The van der Waals surface area contributed by atoms with Gasteiger partial charge in [0.1, 0.15) is 0 Å². The largest absolute Gasteiger partial charge is 0.313 e. The predicted molar refractivity (Wildman–Crippen MR) is 44.0 cm³/mol. The van der Waals surface area contributed by atoms with Crippen molar-refractivity contribution in [1.82, 2.24) is 5.32 Å². The molecule has 1 aliphatic carbocycles. The number of hydrogen-bond donors (Lipinski definition) is 1. The Labute approximate surface area is 71.5 Å². The van der Waals surface area contributed by atoms with E-state index in [2.05, 4.69) is 17.2 Å². The molecule has 1 nitrogen and oxygen atoms in total. The number of halogens is 2. The number of nitrogens with one attached hydrogen (secondary N) is 1. The standard InChI is InChI=1S/C9H13F2N/c1-2-3-4-5-12-8-6-9(10,11)7-8/h8,12H,4-7H2,1H3. The molecule has 3 heteroatoms. The highest BCUT2D eigenvalue weighted by molar-refractivity contribution is 4.97. The van der Waals surface area contributed by atoms with E-state index in [9.17, 15) is 8.78 Å². The van der Waals surface area contributed by atoms with Gasteiger partial charge >= 0.3 is 0 Å². The highest BCUT2D eigenvalue weighted by Gasteiger charge is 2.44. The van der Waals surface area contributed by atoms with Crippen LogP contribution in [0.15, 0.2) is 0 Å². The average molecular weight is 173 g/mol. The van der Waals surface area contributed by atoms with Crippen molar-refractivity contribution in [3.63, 3.8) is 0 Å². The first-order valence-corrected chi connectivity index (χ1v) is 4.15. The molecule has 68 valence electrons. The van der Waals surface area contributed by atoms with E-state index in [0.29, 0.717) is 0 Å². The van der Waals surface area contributed by atoms with Gasteiger partial charge in [0.25, 0.3) is 5.92 Å². The van der Waals surface area contributed by atoms with Crippen LogP contribution in [-0.2, 0) is 0 Å². The lowest BCUT2D eigenvalue weighted by molar-refractivity contribution is -0.0923. The maximum Gasteiger partial charge on any atom is 0.251 e. The minimum Gasteiger partial charge on any atom is -0.313 e. The summed E-state index contributed by atoms with van der Waals surface area (Å²) in [4.78, 5) is 0. The van der Waals surface area contributed by atoms with Gasteiger partial charge in [-0.3, -0.25) is 0 Å². The van der Waals surface area contributed by atoms with E-state index in [-0.39, 0.29) is 18.9 Å². The van der Waals surface area contributed by atoms with Crippen LogP contribution >= 0.6 is 0 Å². The molecule has 0 amide bonds. The van der Waals surface area contributed by atoms with Gasteiger partial charge in [0.05, 0.1) is 0 Å². The van der Waals surface area contributed by atoms with Crippen molar-refractivity contribution < 1.29 is 8.78 Å². The van der Waals surface area contributed by atoms with Crippen molar-refractivity contribution in [2.24, 2.45) is 0 Å². The molecule has 0 bridgehead atoms. The van der Waals surface area contributed by atoms with E-state index in [1.807, 2.05) is 0 Å². The zero-order valence-corrected chi connectivity index (χ0v) is 7.16. The quantitative estimate of drug-likeness (QED) is 0.506. The lowest BCUT2D eigenvalue weighted by Gasteiger charge is -2.35. The lowest BCUT2D eigenvalue weighted by Crippen LogP contribution is -2.48. The van der Waals surface area contributed by atoms with Crippen molar-refractivity contribution in [3.05, 3.63) is 0 Å². The molecule has 0 atom stereocenters. The van der Waals surface area contributed by atoms with Gasteiger partial charge < -0.3 is 5.32 Å². The summed E-state index contributed by atoms with van der Waals surface area (Å²) in [5, 5.41) is 3.03. The highest BCUT2D eigenvalue weighted by Crippen LogP contribution is 2.37. The SMILES string of the molecule is CC#CCCNC1CC(F)(F)C1. The zero-order valence-electron chi connectivity index (χ0n) is 7.16. The summed E-state index contributed by atoms with van der Waals surface area (Å²) in [5.74, 6) is 3.22. The van der Waals surface area contributed by atoms with Crippen LogP contribution in [0.3, 0.4) is 0 Å². The Kier molecular flexibility index (Phi) is 3.05. The summed E-state index contributed by atoms with van der Waals surface area (Å²) in [5.41, 5.74) is 0. The highest BCUT2D eigenvalue weighted by atomic mass is 19.3. The van der Waals surface area contributed by atoms with Crippen molar-refractivity contribution in [2.45, 2.75) is 38.2 Å². The molecule has 0 heterocycles. The van der Waals surface area contributed by atoms with E-state index in [1.165, 1.54) is 0 Å². The maximum absolute atomic E-state index is 12.3. The van der Waals surface area contributed by atoms with E-state index in [4.69, 9.17) is 0 Å². The zero-order chi connectivity index (χ0) is 9.03. The van der Waals surface area contributed by atoms with E-state index >= 15 is 0 Å². The molecule has 0 saturated heterocycles. The second-order valence-corrected chi connectivity index (χ2v) is 3.09. The summed E-state index contributed by atoms with van der Waals surface area (Å²) in [6.07, 6.45) is 0.734. The second kappa shape index (κ2) is 3.86. The predicted octanol–water partition coefficient (Wildman–Crippen LogP) is 1.79. The van der Waals surface area contributed by atoms with Gasteiger partial charge in [-0.2, -0.15) is 0 Å². The first-order chi connectivity index (χ1) is 5.64. The van der Waals surface area contributed by atoms with Crippen LogP contribution in [0.1, 0.15) is 26.2 Å². The van der Waals surface area contributed by atoms with Crippen LogP contribution in [0.5, 0.6) is 0 Å². The minimum atomic E-state index is -2.41. The van der Waals surface area contributed by atoms with Gasteiger partial charge in [-0.1, -0.05) is 0 Å². The lowest BCUT2D eigenvalue weighted by atomic mass is 9.88. The molecule has 1 aliphatic rings. The Morgan fingerprint density at radius 2 is 2.17 bits per heavy atom. The van der Waals surface area contributed by atoms with Crippen LogP contribution in [0.2, 0.25) is 0 Å². The van der Waals surface area contributed by atoms with Crippen LogP contribution < -0.4 is 5.32 Å². The molecule has 12 heavy (non-hydrogen) atoms. The summed E-state index contributed by atoms with van der Waals surface area (Å²) in [6, 6.07) is 0.0126. The Hall–Kier alpha value is -0.620.